The van der Waals surface area contributed by atoms with Crippen LogP contribution in [0.1, 0.15) is 31.0 Å². The summed E-state index contributed by atoms with van der Waals surface area (Å²) in [6, 6.07) is 6.37. The second-order valence-corrected chi connectivity index (χ2v) is 7.26. The SMILES string of the molecule is Cc1cc(-c2nc(Br)c3n2CC(C)OCC3)ccc1OC1CC1. The number of imidazole rings is 1. The van der Waals surface area contributed by atoms with Crippen LogP contribution >= 0.6 is 15.9 Å². The molecule has 5 heteroatoms. The number of aromatic nitrogens is 2. The van der Waals surface area contributed by atoms with Crippen molar-refractivity contribution in [2.75, 3.05) is 6.61 Å². The highest BCUT2D eigenvalue weighted by Gasteiger charge is 2.25. The largest absolute Gasteiger partial charge is 0.490 e. The van der Waals surface area contributed by atoms with E-state index in [1.807, 2.05) is 0 Å². The van der Waals surface area contributed by atoms with Gasteiger partial charge in [-0.15, -0.1) is 0 Å². The van der Waals surface area contributed by atoms with Gasteiger partial charge in [-0.25, -0.2) is 4.98 Å². The average Bonchev–Trinajstić information content (AvgIpc) is 3.30. The average molecular weight is 377 g/mol. The molecular formula is C18H21BrN2O2. The molecular weight excluding hydrogens is 356 g/mol. The van der Waals surface area contributed by atoms with Crippen molar-refractivity contribution < 1.29 is 9.47 Å². The number of benzene rings is 1. The maximum absolute atomic E-state index is 5.95. The highest BCUT2D eigenvalue weighted by Crippen LogP contribution is 2.33. The van der Waals surface area contributed by atoms with Crippen molar-refractivity contribution in [2.45, 2.75) is 51.9 Å². The van der Waals surface area contributed by atoms with Crippen LogP contribution in [0.25, 0.3) is 11.4 Å². The van der Waals surface area contributed by atoms with Gasteiger partial charge in [0, 0.05) is 12.0 Å². The minimum atomic E-state index is 0.203. The van der Waals surface area contributed by atoms with E-state index in [1.54, 1.807) is 0 Å². The smallest absolute Gasteiger partial charge is 0.141 e. The summed E-state index contributed by atoms with van der Waals surface area (Å²) < 4.78 is 15.0. The van der Waals surface area contributed by atoms with Crippen LogP contribution < -0.4 is 4.74 Å². The molecule has 1 atom stereocenters. The van der Waals surface area contributed by atoms with Crippen LogP contribution in [-0.2, 0) is 17.7 Å². The molecule has 1 unspecified atom stereocenters. The van der Waals surface area contributed by atoms with Gasteiger partial charge in [0.25, 0.3) is 0 Å². The molecule has 1 aromatic heterocycles. The number of rotatable bonds is 3. The lowest BCUT2D eigenvalue weighted by Crippen LogP contribution is -2.15. The standard InChI is InChI=1S/C18H21BrN2O2/c1-11-9-13(3-6-16(11)23-14-4-5-14)18-20-17(19)15-7-8-22-12(2)10-21(15)18/h3,6,9,12,14H,4-5,7-8,10H2,1-2H3. The van der Waals surface area contributed by atoms with E-state index in [9.17, 15) is 0 Å². The van der Waals surface area contributed by atoms with E-state index in [4.69, 9.17) is 14.5 Å². The molecule has 2 heterocycles. The van der Waals surface area contributed by atoms with Gasteiger partial charge in [0.15, 0.2) is 0 Å². The predicted molar refractivity (Wildman–Crippen MR) is 92.9 cm³/mol. The molecule has 2 aliphatic rings. The van der Waals surface area contributed by atoms with Crippen molar-refractivity contribution in [3.8, 4) is 17.1 Å². The van der Waals surface area contributed by atoms with E-state index in [0.717, 1.165) is 41.3 Å². The van der Waals surface area contributed by atoms with Crippen LogP contribution in [0.4, 0.5) is 0 Å². The summed E-state index contributed by atoms with van der Waals surface area (Å²) in [6.07, 6.45) is 3.88. The summed E-state index contributed by atoms with van der Waals surface area (Å²) in [7, 11) is 0. The van der Waals surface area contributed by atoms with Crippen LogP contribution in [0.3, 0.4) is 0 Å². The Morgan fingerprint density at radius 2 is 2.17 bits per heavy atom. The van der Waals surface area contributed by atoms with Gasteiger partial charge in [0.1, 0.15) is 16.2 Å². The van der Waals surface area contributed by atoms with Gasteiger partial charge in [0.05, 0.1) is 31.1 Å². The van der Waals surface area contributed by atoms with Crippen molar-refractivity contribution in [1.29, 1.82) is 0 Å². The molecule has 4 nitrogen and oxygen atoms in total. The lowest BCUT2D eigenvalue weighted by atomic mass is 10.1. The number of fused-ring (bicyclic) bond motifs is 1. The molecule has 1 saturated carbocycles. The zero-order valence-corrected chi connectivity index (χ0v) is 15.1. The Bertz CT molecular complexity index is 737. The minimum Gasteiger partial charge on any atom is -0.490 e. The first kappa shape index (κ1) is 15.2. The van der Waals surface area contributed by atoms with Gasteiger partial charge in [-0.05, 0) is 66.4 Å². The molecule has 0 amide bonds. The van der Waals surface area contributed by atoms with Gasteiger partial charge >= 0.3 is 0 Å². The molecule has 0 spiro atoms. The summed E-state index contributed by atoms with van der Waals surface area (Å²) in [6.45, 7) is 5.81. The normalized spacial score (nSPS) is 20.9. The van der Waals surface area contributed by atoms with Crippen LogP contribution in [0.2, 0.25) is 0 Å². The number of hydrogen-bond donors (Lipinski definition) is 0. The minimum absolute atomic E-state index is 0.203. The van der Waals surface area contributed by atoms with E-state index in [0.29, 0.717) is 6.10 Å². The summed E-state index contributed by atoms with van der Waals surface area (Å²) in [5.41, 5.74) is 3.52. The summed E-state index contributed by atoms with van der Waals surface area (Å²) in [5, 5.41) is 0. The third-order valence-electron chi connectivity index (χ3n) is 4.46. The maximum Gasteiger partial charge on any atom is 0.141 e. The molecule has 4 rings (SSSR count). The molecule has 0 radical (unpaired) electrons. The molecule has 1 fully saturated rings. The fourth-order valence-electron chi connectivity index (χ4n) is 3.06. The summed E-state index contributed by atoms with van der Waals surface area (Å²) in [4.78, 5) is 4.77. The quantitative estimate of drug-likeness (QED) is 0.807. The van der Waals surface area contributed by atoms with Gasteiger partial charge in [-0.1, -0.05) is 0 Å². The third-order valence-corrected chi connectivity index (χ3v) is 5.09. The van der Waals surface area contributed by atoms with Crippen LogP contribution in [0, 0.1) is 6.92 Å². The first-order valence-electron chi connectivity index (χ1n) is 8.26. The fourth-order valence-corrected chi connectivity index (χ4v) is 3.65. The fraction of sp³-hybridized carbons (Fsp3) is 0.500. The van der Waals surface area contributed by atoms with Gasteiger partial charge in [-0.2, -0.15) is 0 Å². The Kier molecular flexibility index (Phi) is 3.93. The summed E-state index contributed by atoms with van der Waals surface area (Å²) in [5.74, 6) is 2.00. The lowest BCUT2D eigenvalue weighted by Gasteiger charge is -2.14. The molecule has 1 aliphatic heterocycles. The van der Waals surface area contributed by atoms with E-state index < -0.39 is 0 Å². The number of halogens is 1. The van der Waals surface area contributed by atoms with Gasteiger partial charge < -0.3 is 14.0 Å². The van der Waals surface area contributed by atoms with Gasteiger partial charge in [0.2, 0.25) is 0 Å². The monoisotopic (exact) mass is 376 g/mol. The van der Waals surface area contributed by atoms with Crippen molar-refractivity contribution in [2.24, 2.45) is 0 Å². The highest BCUT2D eigenvalue weighted by molar-refractivity contribution is 9.10. The molecule has 1 aliphatic carbocycles. The Hall–Kier alpha value is -1.33. The molecule has 23 heavy (non-hydrogen) atoms. The molecule has 122 valence electrons. The Balaban J connectivity index is 1.71. The number of hydrogen-bond acceptors (Lipinski definition) is 3. The molecule has 0 bridgehead atoms. The molecule has 0 N–H and O–H groups in total. The van der Waals surface area contributed by atoms with Gasteiger partial charge in [-0.3, -0.25) is 0 Å². The van der Waals surface area contributed by atoms with Crippen molar-refractivity contribution >= 4 is 15.9 Å². The zero-order chi connectivity index (χ0) is 16.0. The molecule has 1 aromatic carbocycles. The van der Waals surface area contributed by atoms with Crippen LogP contribution in [-0.4, -0.2) is 28.4 Å². The second-order valence-electron chi connectivity index (χ2n) is 6.51. The number of aryl methyl sites for hydroxylation is 1. The number of ether oxygens (including phenoxy) is 2. The van der Waals surface area contributed by atoms with E-state index >= 15 is 0 Å². The van der Waals surface area contributed by atoms with Crippen molar-refractivity contribution in [3.63, 3.8) is 0 Å². The van der Waals surface area contributed by atoms with E-state index in [-0.39, 0.29) is 6.10 Å². The molecule has 0 saturated heterocycles. The van der Waals surface area contributed by atoms with Crippen molar-refractivity contribution in [3.05, 3.63) is 34.1 Å². The lowest BCUT2D eigenvalue weighted by molar-refractivity contribution is 0.0666. The molecule has 2 aromatic rings. The first-order chi connectivity index (χ1) is 11.1. The maximum atomic E-state index is 5.95. The second kappa shape index (κ2) is 5.95. The van der Waals surface area contributed by atoms with Crippen LogP contribution in [0.15, 0.2) is 22.8 Å². The Morgan fingerprint density at radius 3 is 2.91 bits per heavy atom. The first-order valence-corrected chi connectivity index (χ1v) is 9.05. The highest BCUT2D eigenvalue weighted by atomic mass is 79.9. The predicted octanol–water partition coefficient (Wildman–Crippen LogP) is 4.12. The number of nitrogens with zero attached hydrogens (tertiary/aromatic N) is 2. The topological polar surface area (TPSA) is 36.3 Å². The Morgan fingerprint density at radius 1 is 1.35 bits per heavy atom. The van der Waals surface area contributed by atoms with Crippen molar-refractivity contribution in [1.82, 2.24) is 9.55 Å². The summed E-state index contributed by atoms with van der Waals surface area (Å²) >= 11 is 3.62. The zero-order valence-electron chi connectivity index (χ0n) is 13.5. The third kappa shape index (κ3) is 3.04. The van der Waals surface area contributed by atoms with E-state index in [1.165, 1.54) is 24.1 Å². The van der Waals surface area contributed by atoms with Crippen LogP contribution in [0.5, 0.6) is 5.75 Å². The Labute approximate surface area is 144 Å². The van der Waals surface area contributed by atoms with E-state index in [2.05, 4.69) is 52.5 Å².